The summed E-state index contributed by atoms with van der Waals surface area (Å²) < 4.78 is 0. The van der Waals surface area contributed by atoms with Crippen LogP contribution in [0.2, 0.25) is 0 Å². The van der Waals surface area contributed by atoms with Crippen molar-refractivity contribution >= 4 is 41.6 Å². The van der Waals surface area contributed by atoms with E-state index in [1.54, 1.807) is 0 Å². The van der Waals surface area contributed by atoms with Gasteiger partial charge in [-0.25, -0.2) is 0 Å². The molecule has 126 valence electrons. The molecule has 2 aromatic rings. The highest BCUT2D eigenvalue weighted by atomic mass is 35.5. The summed E-state index contributed by atoms with van der Waals surface area (Å²) in [7, 11) is 0. The number of hydrogen-bond acceptors (Lipinski definition) is 3. The van der Waals surface area contributed by atoms with Crippen LogP contribution in [0.5, 0.6) is 0 Å². The summed E-state index contributed by atoms with van der Waals surface area (Å²) in [6, 6.07) is 10.2. The number of benzene rings is 1. The van der Waals surface area contributed by atoms with E-state index < -0.39 is 0 Å². The number of carbonyl (C=O) groups is 1. The first-order chi connectivity index (χ1) is 10.1. The Labute approximate surface area is 149 Å². The quantitative estimate of drug-likeness (QED) is 0.869. The molecule has 23 heavy (non-hydrogen) atoms. The van der Waals surface area contributed by atoms with Gasteiger partial charge in [0.1, 0.15) is 0 Å². The molecule has 0 spiro atoms. The predicted octanol–water partition coefficient (Wildman–Crippen LogP) is 3.26. The van der Waals surface area contributed by atoms with Crippen molar-refractivity contribution in [3.05, 3.63) is 41.6 Å². The number of amides is 1. The maximum absolute atomic E-state index is 12.6. The van der Waals surface area contributed by atoms with E-state index in [1.165, 1.54) is 0 Å². The van der Waals surface area contributed by atoms with E-state index in [2.05, 4.69) is 22.5 Å². The van der Waals surface area contributed by atoms with Gasteiger partial charge in [-0.1, -0.05) is 18.2 Å². The van der Waals surface area contributed by atoms with Crippen LogP contribution < -0.4 is 10.6 Å². The van der Waals surface area contributed by atoms with Crippen LogP contribution >= 0.6 is 24.8 Å². The fourth-order valence-corrected chi connectivity index (χ4v) is 2.92. The summed E-state index contributed by atoms with van der Waals surface area (Å²) in [6.45, 7) is 5.10. The number of aryl methyl sites for hydroxylation is 1. The maximum Gasteiger partial charge on any atom is 0.253 e. The normalized spacial score (nSPS) is 20.3. The van der Waals surface area contributed by atoms with Crippen molar-refractivity contribution < 1.29 is 4.79 Å². The highest BCUT2D eigenvalue weighted by molar-refractivity contribution is 6.05. The zero-order valence-corrected chi connectivity index (χ0v) is 15.0. The molecule has 3 rings (SSSR count). The summed E-state index contributed by atoms with van der Waals surface area (Å²) in [5.74, 6) is -0.0285. The van der Waals surface area contributed by atoms with E-state index in [4.69, 9.17) is 0 Å². The number of carbonyl (C=O) groups excluding carboxylic acids is 1. The lowest BCUT2D eigenvalue weighted by Gasteiger charge is -2.30. The fraction of sp³-hybridized carbons (Fsp3) is 0.412. The lowest BCUT2D eigenvalue weighted by molar-refractivity contribution is 0.0921. The molecule has 1 aliphatic heterocycles. The SMILES string of the molecule is Cc1ccc2cccc(C(=O)NC3CCCNC3C)c2n1.Cl.Cl. The minimum Gasteiger partial charge on any atom is -0.348 e. The Morgan fingerprint density at radius 1 is 1.26 bits per heavy atom. The Morgan fingerprint density at radius 3 is 2.78 bits per heavy atom. The molecule has 0 bridgehead atoms. The zero-order chi connectivity index (χ0) is 14.8. The van der Waals surface area contributed by atoms with Gasteiger partial charge in [-0.3, -0.25) is 9.78 Å². The van der Waals surface area contributed by atoms with Crippen LogP contribution in [-0.2, 0) is 0 Å². The highest BCUT2D eigenvalue weighted by Crippen LogP contribution is 2.18. The summed E-state index contributed by atoms with van der Waals surface area (Å²) in [5, 5.41) is 7.56. The third-order valence-electron chi connectivity index (χ3n) is 4.18. The molecule has 1 amide bonds. The largest absolute Gasteiger partial charge is 0.348 e. The standard InChI is InChI=1S/C17H21N3O.2ClH/c1-11-8-9-13-5-3-6-14(16(13)19-11)17(21)20-15-7-4-10-18-12(15)2;;/h3,5-6,8-9,12,15,18H,4,7,10H2,1-2H3,(H,20,21);2*1H. The van der Waals surface area contributed by atoms with Gasteiger partial charge >= 0.3 is 0 Å². The van der Waals surface area contributed by atoms with Crippen molar-refractivity contribution in [2.75, 3.05) is 6.54 Å². The van der Waals surface area contributed by atoms with Gasteiger partial charge in [-0.05, 0) is 45.4 Å². The average Bonchev–Trinajstić information content (AvgIpc) is 2.49. The van der Waals surface area contributed by atoms with Crippen molar-refractivity contribution in [1.82, 2.24) is 15.6 Å². The minimum atomic E-state index is -0.0285. The van der Waals surface area contributed by atoms with Crippen LogP contribution in [0.15, 0.2) is 30.3 Å². The number of halogens is 2. The number of nitrogens with one attached hydrogen (secondary N) is 2. The van der Waals surface area contributed by atoms with E-state index in [9.17, 15) is 4.79 Å². The maximum atomic E-state index is 12.6. The smallest absolute Gasteiger partial charge is 0.253 e. The van der Waals surface area contributed by atoms with Gasteiger partial charge in [0.05, 0.1) is 11.1 Å². The molecule has 0 saturated carbocycles. The molecule has 2 heterocycles. The first-order valence-electron chi connectivity index (χ1n) is 7.56. The number of para-hydroxylation sites is 1. The highest BCUT2D eigenvalue weighted by Gasteiger charge is 2.23. The Hall–Kier alpha value is -1.36. The molecular weight excluding hydrogens is 333 g/mol. The van der Waals surface area contributed by atoms with Gasteiger partial charge in [-0.2, -0.15) is 0 Å². The topological polar surface area (TPSA) is 54.0 Å². The molecule has 1 fully saturated rings. The molecule has 4 nitrogen and oxygen atoms in total. The molecule has 2 N–H and O–H groups in total. The van der Waals surface area contributed by atoms with Gasteiger partial charge in [0.15, 0.2) is 0 Å². The Morgan fingerprint density at radius 2 is 2.04 bits per heavy atom. The van der Waals surface area contributed by atoms with E-state index in [1.807, 2.05) is 37.3 Å². The second-order valence-corrected chi connectivity index (χ2v) is 5.79. The van der Waals surface area contributed by atoms with Crippen LogP contribution in [0.25, 0.3) is 10.9 Å². The number of fused-ring (bicyclic) bond motifs is 1. The van der Waals surface area contributed by atoms with Crippen molar-refractivity contribution in [3.8, 4) is 0 Å². The van der Waals surface area contributed by atoms with Crippen LogP contribution in [0.3, 0.4) is 0 Å². The molecular formula is C17H23Cl2N3O. The lowest BCUT2D eigenvalue weighted by Crippen LogP contribution is -2.51. The first kappa shape index (κ1) is 19.7. The second-order valence-electron chi connectivity index (χ2n) is 5.79. The van der Waals surface area contributed by atoms with Gasteiger partial charge in [0, 0.05) is 23.2 Å². The summed E-state index contributed by atoms with van der Waals surface area (Å²) in [6.07, 6.45) is 2.12. The van der Waals surface area contributed by atoms with Crippen LogP contribution in [-0.4, -0.2) is 29.5 Å². The number of hydrogen-bond donors (Lipinski definition) is 2. The van der Waals surface area contributed by atoms with Crippen LogP contribution in [0.1, 0.15) is 35.8 Å². The molecule has 1 aliphatic rings. The summed E-state index contributed by atoms with van der Waals surface area (Å²) in [5.41, 5.74) is 2.37. The molecule has 6 heteroatoms. The zero-order valence-electron chi connectivity index (χ0n) is 13.3. The molecule has 1 aromatic heterocycles. The number of piperidine rings is 1. The number of aromatic nitrogens is 1. The molecule has 1 saturated heterocycles. The Bertz CT molecular complexity index is 678. The van der Waals surface area contributed by atoms with Gasteiger partial charge in [0.2, 0.25) is 0 Å². The van der Waals surface area contributed by atoms with Gasteiger partial charge in [-0.15, -0.1) is 24.8 Å². The third-order valence-corrected chi connectivity index (χ3v) is 4.18. The lowest BCUT2D eigenvalue weighted by atomic mass is 9.99. The van der Waals surface area contributed by atoms with Crippen LogP contribution in [0, 0.1) is 6.92 Å². The Kier molecular flexibility index (Phi) is 7.26. The fourth-order valence-electron chi connectivity index (χ4n) is 2.92. The molecule has 0 aliphatic carbocycles. The molecule has 0 radical (unpaired) electrons. The Balaban J connectivity index is 0.00000132. The summed E-state index contributed by atoms with van der Waals surface area (Å²) >= 11 is 0. The minimum absolute atomic E-state index is 0. The van der Waals surface area contributed by atoms with Crippen molar-refractivity contribution in [3.63, 3.8) is 0 Å². The first-order valence-corrected chi connectivity index (χ1v) is 7.56. The van der Waals surface area contributed by atoms with Crippen molar-refractivity contribution in [2.24, 2.45) is 0 Å². The number of rotatable bonds is 2. The van der Waals surface area contributed by atoms with Crippen LogP contribution in [0.4, 0.5) is 0 Å². The second kappa shape index (κ2) is 8.48. The van der Waals surface area contributed by atoms with E-state index in [0.29, 0.717) is 11.6 Å². The molecule has 1 aromatic carbocycles. The van der Waals surface area contributed by atoms with Gasteiger partial charge < -0.3 is 10.6 Å². The third kappa shape index (κ3) is 4.34. The van der Waals surface area contributed by atoms with Gasteiger partial charge in [0.25, 0.3) is 5.91 Å². The van der Waals surface area contributed by atoms with E-state index >= 15 is 0 Å². The van der Waals surface area contributed by atoms with Crippen molar-refractivity contribution in [2.45, 2.75) is 38.8 Å². The predicted molar refractivity (Wildman–Crippen MR) is 98.9 cm³/mol. The van der Waals surface area contributed by atoms with E-state index in [-0.39, 0.29) is 36.8 Å². The molecule has 2 atom stereocenters. The average molecular weight is 356 g/mol. The van der Waals surface area contributed by atoms with E-state index in [0.717, 1.165) is 36.0 Å². The summed E-state index contributed by atoms with van der Waals surface area (Å²) in [4.78, 5) is 17.1. The number of nitrogens with zero attached hydrogens (tertiary/aromatic N) is 1. The van der Waals surface area contributed by atoms with Crippen molar-refractivity contribution in [1.29, 1.82) is 0 Å². The number of pyridine rings is 1. The monoisotopic (exact) mass is 355 g/mol. The molecule has 2 unspecified atom stereocenters.